The van der Waals surface area contributed by atoms with E-state index in [1.807, 2.05) is 19.1 Å². The Bertz CT molecular complexity index is 1310. The van der Waals surface area contributed by atoms with E-state index < -0.39 is 23.5 Å². The number of nitrogens with zero attached hydrogens (tertiary/aromatic N) is 1. The summed E-state index contributed by atoms with van der Waals surface area (Å²) in [5.41, 5.74) is 2.05. The standard InChI is InChI=1S/C26H21Cl2NO5/c1-14-7-4-5-10-20(14)29-22(15-8-6-9-17(11-15)33-2)21(24(31)26(29)32)23(30)16-12-18(27)25(34-3)19(28)13-16/h4-13,22,30H,1-3H3/b23-21+. The molecule has 1 N–H and O–H groups in total. The maximum absolute atomic E-state index is 13.3. The molecule has 174 valence electrons. The first-order chi connectivity index (χ1) is 16.3. The Balaban J connectivity index is 1.99. The van der Waals surface area contributed by atoms with Crippen LogP contribution >= 0.6 is 23.2 Å². The number of methoxy groups -OCH3 is 2. The molecule has 34 heavy (non-hydrogen) atoms. The number of ether oxygens (including phenoxy) is 2. The summed E-state index contributed by atoms with van der Waals surface area (Å²) in [6, 6.07) is 16.2. The van der Waals surface area contributed by atoms with Gasteiger partial charge in [0.2, 0.25) is 0 Å². The van der Waals surface area contributed by atoms with Crippen LogP contribution in [-0.4, -0.2) is 31.0 Å². The molecular weight excluding hydrogens is 477 g/mol. The molecule has 1 saturated heterocycles. The van der Waals surface area contributed by atoms with Gasteiger partial charge in [-0.05, 0) is 48.4 Å². The molecule has 6 nitrogen and oxygen atoms in total. The number of para-hydroxylation sites is 1. The van der Waals surface area contributed by atoms with E-state index in [1.165, 1.54) is 31.3 Å². The third-order valence-corrected chi connectivity index (χ3v) is 6.27. The fourth-order valence-electron chi connectivity index (χ4n) is 4.09. The molecule has 3 aromatic carbocycles. The average molecular weight is 498 g/mol. The fourth-order valence-corrected chi connectivity index (χ4v) is 4.73. The van der Waals surface area contributed by atoms with E-state index in [9.17, 15) is 14.7 Å². The van der Waals surface area contributed by atoms with Gasteiger partial charge in [0.25, 0.3) is 11.7 Å². The zero-order chi connectivity index (χ0) is 24.6. The highest BCUT2D eigenvalue weighted by atomic mass is 35.5. The smallest absolute Gasteiger partial charge is 0.300 e. The number of carbonyl (C=O) groups excluding carboxylic acids is 2. The molecule has 0 saturated carbocycles. The molecule has 1 aliphatic rings. The first-order valence-electron chi connectivity index (χ1n) is 10.3. The second-order valence-corrected chi connectivity index (χ2v) is 8.52. The Hall–Kier alpha value is -3.48. The average Bonchev–Trinajstić information content (AvgIpc) is 3.09. The molecule has 1 amide bonds. The van der Waals surface area contributed by atoms with Crippen LogP contribution in [0.15, 0.2) is 66.2 Å². The fraction of sp³-hybridized carbons (Fsp3) is 0.154. The van der Waals surface area contributed by atoms with Crippen LogP contribution in [0.4, 0.5) is 5.69 Å². The highest BCUT2D eigenvalue weighted by molar-refractivity contribution is 6.52. The molecule has 0 bridgehead atoms. The minimum atomic E-state index is -0.907. The molecular formula is C26H21Cl2NO5. The summed E-state index contributed by atoms with van der Waals surface area (Å²) in [5.74, 6) is -1.19. The minimum Gasteiger partial charge on any atom is -0.507 e. The lowest BCUT2D eigenvalue weighted by molar-refractivity contribution is -0.132. The maximum Gasteiger partial charge on any atom is 0.300 e. The van der Waals surface area contributed by atoms with E-state index in [0.717, 1.165) is 5.56 Å². The van der Waals surface area contributed by atoms with Crippen LogP contribution in [0.1, 0.15) is 22.7 Å². The van der Waals surface area contributed by atoms with Crippen molar-refractivity contribution in [2.45, 2.75) is 13.0 Å². The molecule has 1 atom stereocenters. The van der Waals surface area contributed by atoms with Crippen LogP contribution in [0.25, 0.3) is 5.76 Å². The number of ketones is 1. The van der Waals surface area contributed by atoms with Gasteiger partial charge in [-0.2, -0.15) is 0 Å². The van der Waals surface area contributed by atoms with Crippen molar-refractivity contribution in [2.24, 2.45) is 0 Å². The third kappa shape index (κ3) is 4.00. The number of aliphatic hydroxyl groups is 1. The second kappa shape index (κ2) is 9.41. The normalized spacial score (nSPS) is 17.2. The van der Waals surface area contributed by atoms with Crippen LogP contribution in [0.3, 0.4) is 0 Å². The lowest BCUT2D eigenvalue weighted by Crippen LogP contribution is -2.30. The van der Waals surface area contributed by atoms with Crippen LogP contribution in [0.2, 0.25) is 10.0 Å². The summed E-state index contributed by atoms with van der Waals surface area (Å²) in [7, 11) is 2.95. The van der Waals surface area contributed by atoms with Crippen molar-refractivity contribution in [3.05, 3.63) is 93.0 Å². The van der Waals surface area contributed by atoms with Crippen molar-refractivity contribution >= 4 is 46.3 Å². The van der Waals surface area contributed by atoms with Crippen molar-refractivity contribution in [1.82, 2.24) is 0 Å². The van der Waals surface area contributed by atoms with Gasteiger partial charge in [-0.1, -0.05) is 53.5 Å². The third-order valence-electron chi connectivity index (χ3n) is 5.70. The van der Waals surface area contributed by atoms with Crippen molar-refractivity contribution in [3.63, 3.8) is 0 Å². The highest BCUT2D eigenvalue weighted by Gasteiger charge is 2.47. The van der Waals surface area contributed by atoms with Crippen LogP contribution in [0.5, 0.6) is 11.5 Å². The summed E-state index contributed by atoms with van der Waals surface area (Å²) in [4.78, 5) is 28.0. The number of hydrogen-bond donors (Lipinski definition) is 1. The zero-order valence-electron chi connectivity index (χ0n) is 18.6. The minimum absolute atomic E-state index is 0.0844. The van der Waals surface area contributed by atoms with Gasteiger partial charge in [0.05, 0.1) is 35.9 Å². The quantitative estimate of drug-likeness (QED) is 0.268. The number of hydrogen-bond acceptors (Lipinski definition) is 5. The van der Waals surface area contributed by atoms with E-state index in [1.54, 1.807) is 36.4 Å². The number of amides is 1. The molecule has 8 heteroatoms. The summed E-state index contributed by atoms with van der Waals surface area (Å²) < 4.78 is 10.5. The van der Waals surface area contributed by atoms with Gasteiger partial charge in [0, 0.05) is 11.3 Å². The van der Waals surface area contributed by atoms with Crippen molar-refractivity contribution < 1.29 is 24.2 Å². The monoisotopic (exact) mass is 497 g/mol. The lowest BCUT2D eigenvalue weighted by Gasteiger charge is -2.27. The van der Waals surface area contributed by atoms with E-state index in [2.05, 4.69) is 0 Å². The lowest BCUT2D eigenvalue weighted by atomic mass is 9.94. The van der Waals surface area contributed by atoms with Gasteiger partial charge in [0.1, 0.15) is 11.5 Å². The molecule has 0 spiro atoms. The Morgan fingerprint density at radius 3 is 2.24 bits per heavy atom. The summed E-state index contributed by atoms with van der Waals surface area (Å²) >= 11 is 12.5. The predicted molar refractivity (Wildman–Crippen MR) is 132 cm³/mol. The highest BCUT2D eigenvalue weighted by Crippen LogP contribution is 2.45. The Labute approximate surface area is 206 Å². The Morgan fingerprint density at radius 2 is 1.62 bits per heavy atom. The van der Waals surface area contributed by atoms with Gasteiger partial charge < -0.3 is 14.6 Å². The zero-order valence-corrected chi connectivity index (χ0v) is 20.1. The number of aryl methyl sites for hydroxylation is 1. The molecule has 0 aromatic heterocycles. The Morgan fingerprint density at radius 1 is 0.941 bits per heavy atom. The van der Waals surface area contributed by atoms with Gasteiger partial charge >= 0.3 is 0 Å². The summed E-state index contributed by atoms with van der Waals surface area (Å²) in [6.45, 7) is 1.85. The van der Waals surface area contributed by atoms with Crippen molar-refractivity contribution in [3.8, 4) is 11.5 Å². The molecule has 0 aliphatic carbocycles. The van der Waals surface area contributed by atoms with Crippen molar-refractivity contribution in [1.29, 1.82) is 0 Å². The molecule has 1 heterocycles. The molecule has 1 unspecified atom stereocenters. The topological polar surface area (TPSA) is 76.1 Å². The number of carbonyl (C=O) groups is 2. The molecule has 3 aromatic rings. The number of anilines is 1. The molecule has 1 fully saturated rings. The second-order valence-electron chi connectivity index (χ2n) is 7.71. The number of Topliss-reactive ketones (excluding diaryl/α,β-unsaturated/α-hetero) is 1. The largest absolute Gasteiger partial charge is 0.507 e. The van der Waals surface area contributed by atoms with Crippen molar-refractivity contribution in [2.75, 3.05) is 19.1 Å². The van der Waals surface area contributed by atoms with Gasteiger partial charge in [-0.3, -0.25) is 14.5 Å². The number of rotatable bonds is 5. The van der Waals surface area contributed by atoms with Crippen LogP contribution < -0.4 is 14.4 Å². The van der Waals surface area contributed by atoms with E-state index in [4.69, 9.17) is 32.7 Å². The SMILES string of the molecule is COc1cccc(C2/C(=C(\O)c3cc(Cl)c(OC)c(Cl)c3)C(=O)C(=O)N2c2ccccc2C)c1. The summed E-state index contributed by atoms with van der Waals surface area (Å²) in [6.07, 6.45) is 0. The van der Waals surface area contributed by atoms with Gasteiger partial charge in [-0.15, -0.1) is 0 Å². The van der Waals surface area contributed by atoms with Crippen LogP contribution in [-0.2, 0) is 9.59 Å². The molecule has 1 aliphatic heterocycles. The Kier molecular flexibility index (Phi) is 6.55. The summed E-state index contributed by atoms with van der Waals surface area (Å²) in [5, 5.41) is 11.6. The number of aliphatic hydroxyl groups excluding tert-OH is 1. The maximum atomic E-state index is 13.3. The molecule has 0 radical (unpaired) electrons. The first kappa shape index (κ1) is 23.7. The number of halogens is 2. The predicted octanol–water partition coefficient (Wildman–Crippen LogP) is 5.95. The first-order valence-corrected chi connectivity index (χ1v) is 11.1. The van der Waals surface area contributed by atoms with Crippen LogP contribution in [0, 0.1) is 6.92 Å². The molecule has 4 rings (SSSR count). The van der Waals surface area contributed by atoms with Gasteiger partial charge in [-0.25, -0.2) is 0 Å². The number of benzene rings is 3. The van der Waals surface area contributed by atoms with E-state index >= 15 is 0 Å². The van der Waals surface area contributed by atoms with Gasteiger partial charge in [0.15, 0.2) is 5.75 Å². The van der Waals surface area contributed by atoms with E-state index in [-0.39, 0.29) is 26.9 Å². The van der Waals surface area contributed by atoms with E-state index in [0.29, 0.717) is 17.0 Å².